The molecule has 0 aliphatic rings. The summed E-state index contributed by atoms with van der Waals surface area (Å²) >= 11 is 1.55. The fourth-order valence-electron chi connectivity index (χ4n) is 2.96. The Morgan fingerprint density at radius 1 is 1.04 bits per heavy atom. The van der Waals surface area contributed by atoms with E-state index in [1.807, 2.05) is 34.8 Å². The highest BCUT2D eigenvalue weighted by atomic mass is 32.1. The SMILES string of the molecule is CCCc1nnc2sc(/C=C(/c3ccccc3)c3ccc(OC)cc3)nn12. The van der Waals surface area contributed by atoms with Crippen LogP contribution < -0.4 is 4.74 Å². The van der Waals surface area contributed by atoms with E-state index in [2.05, 4.69) is 47.5 Å². The molecule has 0 amide bonds. The van der Waals surface area contributed by atoms with E-state index >= 15 is 0 Å². The van der Waals surface area contributed by atoms with E-state index in [-0.39, 0.29) is 0 Å². The van der Waals surface area contributed by atoms with E-state index in [1.165, 1.54) is 0 Å². The topological polar surface area (TPSA) is 52.3 Å². The van der Waals surface area contributed by atoms with Crippen LogP contribution in [0.5, 0.6) is 5.75 Å². The number of hydrogen-bond donors (Lipinski definition) is 0. The van der Waals surface area contributed by atoms with E-state index in [0.717, 1.165) is 51.1 Å². The van der Waals surface area contributed by atoms with Gasteiger partial charge in [-0.05, 0) is 41.3 Å². The maximum absolute atomic E-state index is 5.29. The summed E-state index contributed by atoms with van der Waals surface area (Å²) in [4.78, 5) is 0.826. The van der Waals surface area contributed by atoms with Gasteiger partial charge in [-0.2, -0.15) is 9.61 Å². The number of nitrogens with zero attached hydrogens (tertiary/aromatic N) is 4. The van der Waals surface area contributed by atoms with Gasteiger partial charge < -0.3 is 4.74 Å². The van der Waals surface area contributed by atoms with Crippen LogP contribution in [0.2, 0.25) is 0 Å². The lowest BCUT2D eigenvalue weighted by Crippen LogP contribution is -1.95. The first-order valence-corrected chi connectivity index (χ1v) is 9.73. The second kappa shape index (κ2) is 7.72. The van der Waals surface area contributed by atoms with Gasteiger partial charge in [0.2, 0.25) is 4.96 Å². The van der Waals surface area contributed by atoms with Crippen molar-refractivity contribution in [3.63, 3.8) is 0 Å². The van der Waals surface area contributed by atoms with Gasteiger partial charge in [-0.1, -0.05) is 60.7 Å². The number of ether oxygens (including phenoxy) is 1. The van der Waals surface area contributed by atoms with Gasteiger partial charge in [-0.15, -0.1) is 10.2 Å². The number of rotatable bonds is 6. The number of hydrogen-bond acceptors (Lipinski definition) is 5. The molecule has 2 aromatic heterocycles. The van der Waals surface area contributed by atoms with Crippen molar-refractivity contribution in [2.24, 2.45) is 0 Å². The van der Waals surface area contributed by atoms with Crippen LogP contribution in [0.15, 0.2) is 54.6 Å². The standard InChI is InChI=1S/C21H20N4OS/c1-3-7-19-22-23-21-25(19)24-20(27-21)14-18(15-8-5-4-6-9-15)16-10-12-17(26-2)13-11-16/h4-6,8-14H,3,7H2,1-2H3/b18-14-. The van der Waals surface area contributed by atoms with E-state index < -0.39 is 0 Å². The van der Waals surface area contributed by atoms with Gasteiger partial charge in [0.25, 0.3) is 0 Å². The van der Waals surface area contributed by atoms with Crippen molar-refractivity contribution in [2.45, 2.75) is 19.8 Å². The predicted molar refractivity (Wildman–Crippen MR) is 109 cm³/mol. The van der Waals surface area contributed by atoms with Crippen LogP contribution in [0.4, 0.5) is 0 Å². The van der Waals surface area contributed by atoms with Gasteiger partial charge in [0.15, 0.2) is 5.82 Å². The molecule has 0 fully saturated rings. The molecule has 0 saturated carbocycles. The lowest BCUT2D eigenvalue weighted by molar-refractivity contribution is 0.415. The molecule has 2 aromatic carbocycles. The molecule has 4 rings (SSSR count). The molecular weight excluding hydrogens is 356 g/mol. The van der Waals surface area contributed by atoms with Crippen LogP contribution in [-0.2, 0) is 6.42 Å². The number of aromatic nitrogens is 4. The first kappa shape index (κ1) is 17.4. The molecular formula is C21H20N4OS. The molecule has 0 N–H and O–H groups in total. The highest BCUT2D eigenvalue weighted by Gasteiger charge is 2.12. The molecule has 136 valence electrons. The monoisotopic (exact) mass is 376 g/mol. The van der Waals surface area contributed by atoms with Crippen molar-refractivity contribution in [1.29, 1.82) is 0 Å². The Bertz CT molecular complexity index is 1060. The maximum Gasteiger partial charge on any atom is 0.234 e. The molecule has 0 aliphatic heterocycles. The summed E-state index contributed by atoms with van der Waals surface area (Å²) in [6.45, 7) is 2.13. The van der Waals surface area contributed by atoms with Crippen LogP contribution >= 0.6 is 11.3 Å². The molecule has 0 unspecified atom stereocenters. The second-order valence-electron chi connectivity index (χ2n) is 6.15. The van der Waals surface area contributed by atoms with Crippen molar-refractivity contribution in [3.05, 3.63) is 76.6 Å². The molecule has 0 spiro atoms. The maximum atomic E-state index is 5.29. The Kier molecular flexibility index (Phi) is 4.98. The Morgan fingerprint density at radius 3 is 2.48 bits per heavy atom. The highest BCUT2D eigenvalue weighted by molar-refractivity contribution is 7.17. The van der Waals surface area contributed by atoms with Crippen molar-refractivity contribution >= 4 is 27.9 Å². The van der Waals surface area contributed by atoms with Crippen molar-refractivity contribution in [3.8, 4) is 5.75 Å². The van der Waals surface area contributed by atoms with Gasteiger partial charge >= 0.3 is 0 Å². The van der Waals surface area contributed by atoms with Crippen LogP contribution in [0.25, 0.3) is 16.6 Å². The van der Waals surface area contributed by atoms with Gasteiger partial charge in [0.1, 0.15) is 10.8 Å². The van der Waals surface area contributed by atoms with Crippen LogP contribution in [0.1, 0.15) is 35.3 Å². The summed E-state index contributed by atoms with van der Waals surface area (Å²) in [5, 5.41) is 14.1. The average Bonchev–Trinajstić information content (AvgIpc) is 3.28. The molecule has 6 heteroatoms. The quantitative estimate of drug-likeness (QED) is 0.488. The summed E-state index contributed by atoms with van der Waals surface area (Å²) in [6.07, 6.45) is 4.01. The number of methoxy groups -OCH3 is 1. The average molecular weight is 376 g/mol. The van der Waals surface area contributed by atoms with Crippen LogP contribution in [-0.4, -0.2) is 26.9 Å². The fourth-order valence-corrected chi connectivity index (χ4v) is 3.76. The van der Waals surface area contributed by atoms with E-state index in [1.54, 1.807) is 18.4 Å². The van der Waals surface area contributed by atoms with Gasteiger partial charge in [-0.25, -0.2) is 0 Å². The summed E-state index contributed by atoms with van der Waals surface area (Å²) in [5.41, 5.74) is 3.37. The summed E-state index contributed by atoms with van der Waals surface area (Å²) in [5.74, 6) is 1.75. The van der Waals surface area contributed by atoms with Crippen LogP contribution in [0.3, 0.4) is 0 Å². The molecule has 27 heavy (non-hydrogen) atoms. The number of aryl methyl sites for hydroxylation is 1. The third kappa shape index (κ3) is 3.61. The summed E-state index contributed by atoms with van der Waals surface area (Å²) < 4.78 is 7.15. The minimum atomic E-state index is 0.826. The Morgan fingerprint density at radius 2 is 1.78 bits per heavy atom. The minimum absolute atomic E-state index is 0.826. The van der Waals surface area contributed by atoms with Crippen molar-refractivity contribution in [2.75, 3.05) is 7.11 Å². The van der Waals surface area contributed by atoms with E-state index in [9.17, 15) is 0 Å². The Labute approximate surface area is 162 Å². The van der Waals surface area contributed by atoms with E-state index in [4.69, 9.17) is 9.84 Å². The smallest absolute Gasteiger partial charge is 0.234 e. The van der Waals surface area contributed by atoms with Gasteiger partial charge in [0, 0.05) is 6.42 Å². The van der Waals surface area contributed by atoms with E-state index in [0.29, 0.717) is 0 Å². The van der Waals surface area contributed by atoms with Gasteiger partial charge in [-0.3, -0.25) is 0 Å². The third-order valence-electron chi connectivity index (χ3n) is 4.30. The lowest BCUT2D eigenvalue weighted by atomic mass is 9.97. The lowest BCUT2D eigenvalue weighted by Gasteiger charge is -2.09. The van der Waals surface area contributed by atoms with Crippen molar-refractivity contribution < 1.29 is 4.74 Å². The fraction of sp³-hybridized carbons (Fsp3) is 0.190. The normalized spacial score (nSPS) is 11.9. The third-order valence-corrected chi connectivity index (χ3v) is 5.14. The molecule has 0 aliphatic carbocycles. The number of fused-ring (bicyclic) bond motifs is 1. The van der Waals surface area contributed by atoms with Crippen molar-refractivity contribution in [1.82, 2.24) is 19.8 Å². The minimum Gasteiger partial charge on any atom is -0.497 e. The van der Waals surface area contributed by atoms with Gasteiger partial charge in [0.05, 0.1) is 7.11 Å². The largest absolute Gasteiger partial charge is 0.497 e. The molecule has 4 aromatic rings. The highest BCUT2D eigenvalue weighted by Crippen LogP contribution is 2.29. The number of benzene rings is 2. The summed E-state index contributed by atoms with van der Waals surface area (Å²) in [7, 11) is 1.68. The zero-order valence-electron chi connectivity index (χ0n) is 15.3. The Hall–Kier alpha value is -2.99. The zero-order valence-corrected chi connectivity index (χ0v) is 16.1. The molecule has 5 nitrogen and oxygen atoms in total. The second-order valence-corrected chi connectivity index (χ2v) is 7.14. The molecule has 0 saturated heterocycles. The zero-order chi connectivity index (χ0) is 18.6. The molecule has 2 heterocycles. The molecule has 0 atom stereocenters. The molecule has 0 bridgehead atoms. The molecule has 0 radical (unpaired) electrons. The summed E-state index contributed by atoms with van der Waals surface area (Å²) in [6, 6.07) is 18.4. The first-order chi connectivity index (χ1) is 13.3. The predicted octanol–water partition coefficient (Wildman–Crippen LogP) is 4.74. The first-order valence-electron chi connectivity index (χ1n) is 8.91. The Balaban J connectivity index is 1.80. The van der Waals surface area contributed by atoms with Crippen LogP contribution in [0, 0.1) is 0 Å².